The zero-order valence-electron chi connectivity index (χ0n) is 11.6. The number of ether oxygens (including phenoxy) is 1. The van der Waals surface area contributed by atoms with Crippen LogP contribution in [0.2, 0.25) is 0 Å². The number of rotatable bonds is 5. The van der Waals surface area contributed by atoms with Gasteiger partial charge in [0.2, 0.25) is 0 Å². The topological polar surface area (TPSA) is 24.5 Å². The van der Waals surface area contributed by atoms with E-state index in [2.05, 4.69) is 37.9 Å². The van der Waals surface area contributed by atoms with Gasteiger partial charge in [0.25, 0.3) is 0 Å². The molecule has 0 bridgehead atoms. The highest BCUT2D eigenvalue weighted by atomic mass is 16.5. The summed E-state index contributed by atoms with van der Waals surface area (Å²) in [4.78, 5) is 2.61. The summed E-state index contributed by atoms with van der Waals surface area (Å²) >= 11 is 0. The normalized spacial score (nSPS) is 24.6. The van der Waals surface area contributed by atoms with E-state index in [4.69, 9.17) is 4.74 Å². The Kier molecular flexibility index (Phi) is 4.77. The van der Waals surface area contributed by atoms with Crippen LogP contribution in [0.1, 0.15) is 40.5 Å². The number of unbranched alkanes of at least 4 members (excludes halogenated alkanes) is 1. The van der Waals surface area contributed by atoms with E-state index in [9.17, 15) is 0 Å². The van der Waals surface area contributed by atoms with Gasteiger partial charge in [0, 0.05) is 37.9 Å². The van der Waals surface area contributed by atoms with Crippen LogP contribution in [0.4, 0.5) is 0 Å². The molecule has 3 heteroatoms. The predicted molar refractivity (Wildman–Crippen MR) is 68.8 cm³/mol. The lowest BCUT2D eigenvalue weighted by molar-refractivity contribution is 0.0363. The lowest BCUT2D eigenvalue weighted by Crippen LogP contribution is -2.66. The molecule has 0 aromatic heterocycles. The van der Waals surface area contributed by atoms with Crippen LogP contribution < -0.4 is 5.32 Å². The van der Waals surface area contributed by atoms with Crippen molar-refractivity contribution in [3.63, 3.8) is 0 Å². The fourth-order valence-electron chi connectivity index (χ4n) is 2.25. The third-order valence-corrected chi connectivity index (χ3v) is 3.47. The van der Waals surface area contributed by atoms with Crippen molar-refractivity contribution in [2.24, 2.45) is 0 Å². The summed E-state index contributed by atoms with van der Waals surface area (Å²) in [7, 11) is 1.78. The third-order valence-electron chi connectivity index (χ3n) is 3.47. The smallest absolute Gasteiger partial charge is 0.0462 e. The van der Waals surface area contributed by atoms with Crippen molar-refractivity contribution in [1.29, 1.82) is 0 Å². The summed E-state index contributed by atoms with van der Waals surface area (Å²) in [6.45, 7) is 13.5. The molecule has 1 rings (SSSR count). The van der Waals surface area contributed by atoms with Crippen molar-refractivity contribution in [3.8, 4) is 0 Å². The molecule has 0 spiro atoms. The van der Waals surface area contributed by atoms with E-state index in [1.54, 1.807) is 7.11 Å². The zero-order valence-corrected chi connectivity index (χ0v) is 11.6. The molecule has 0 saturated carbocycles. The Labute approximate surface area is 101 Å². The van der Waals surface area contributed by atoms with Gasteiger partial charge >= 0.3 is 0 Å². The molecule has 96 valence electrons. The highest BCUT2D eigenvalue weighted by molar-refractivity contribution is 4.97. The largest absolute Gasteiger partial charge is 0.385 e. The number of nitrogens with one attached hydrogen (secondary N) is 1. The van der Waals surface area contributed by atoms with Gasteiger partial charge in [-0.25, -0.2) is 0 Å². The van der Waals surface area contributed by atoms with Crippen LogP contribution in [-0.2, 0) is 4.74 Å². The highest BCUT2D eigenvalue weighted by Gasteiger charge is 2.36. The van der Waals surface area contributed by atoms with Crippen LogP contribution in [0.3, 0.4) is 0 Å². The maximum Gasteiger partial charge on any atom is 0.0462 e. The number of methoxy groups -OCH3 is 1. The minimum Gasteiger partial charge on any atom is -0.385 e. The summed E-state index contributed by atoms with van der Waals surface area (Å²) in [5, 5.41) is 3.61. The standard InChI is InChI=1S/C13H28N2O/c1-12(2)11-15(8-6-7-9-16-5)13(3,4)10-14-12/h14H,6-11H2,1-5H3. The Hall–Kier alpha value is -0.120. The van der Waals surface area contributed by atoms with E-state index in [0.717, 1.165) is 26.1 Å². The molecule has 1 aliphatic heterocycles. The van der Waals surface area contributed by atoms with Crippen molar-refractivity contribution >= 4 is 0 Å². The van der Waals surface area contributed by atoms with E-state index < -0.39 is 0 Å². The fourth-order valence-corrected chi connectivity index (χ4v) is 2.25. The molecule has 0 amide bonds. The minimum absolute atomic E-state index is 0.247. The van der Waals surface area contributed by atoms with E-state index >= 15 is 0 Å². The van der Waals surface area contributed by atoms with E-state index in [-0.39, 0.29) is 11.1 Å². The van der Waals surface area contributed by atoms with Crippen molar-refractivity contribution < 1.29 is 4.74 Å². The van der Waals surface area contributed by atoms with E-state index in [0.29, 0.717) is 0 Å². The molecular weight excluding hydrogens is 200 g/mol. The molecule has 0 unspecified atom stereocenters. The lowest BCUT2D eigenvalue weighted by atomic mass is 9.91. The Balaban J connectivity index is 2.41. The lowest BCUT2D eigenvalue weighted by Gasteiger charge is -2.49. The molecule has 1 fully saturated rings. The Morgan fingerprint density at radius 3 is 2.50 bits per heavy atom. The van der Waals surface area contributed by atoms with Crippen molar-refractivity contribution in [3.05, 3.63) is 0 Å². The van der Waals surface area contributed by atoms with Crippen molar-refractivity contribution in [1.82, 2.24) is 10.2 Å². The Bertz CT molecular complexity index is 214. The molecular formula is C13H28N2O. The Morgan fingerprint density at radius 2 is 1.88 bits per heavy atom. The average Bonchev–Trinajstić information content (AvgIpc) is 2.18. The molecule has 1 saturated heterocycles. The fraction of sp³-hybridized carbons (Fsp3) is 1.00. The van der Waals surface area contributed by atoms with E-state index in [1.807, 2.05) is 0 Å². The van der Waals surface area contributed by atoms with Gasteiger partial charge in [0.05, 0.1) is 0 Å². The molecule has 1 heterocycles. The predicted octanol–water partition coefficient (Wildman–Crippen LogP) is 1.88. The van der Waals surface area contributed by atoms with Crippen molar-refractivity contribution in [2.45, 2.75) is 51.6 Å². The second-order valence-electron chi connectivity index (χ2n) is 6.17. The molecule has 3 nitrogen and oxygen atoms in total. The Morgan fingerprint density at radius 1 is 1.19 bits per heavy atom. The molecule has 0 radical (unpaired) electrons. The van der Waals surface area contributed by atoms with Crippen LogP contribution in [0.25, 0.3) is 0 Å². The number of hydrogen-bond donors (Lipinski definition) is 1. The molecule has 0 aromatic rings. The van der Waals surface area contributed by atoms with Gasteiger partial charge in [-0.1, -0.05) is 0 Å². The van der Waals surface area contributed by atoms with Gasteiger partial charge in [-0.05, 0) is 47.1 Å². The van der Waals surface area contributed by atoms with Gasteiger partial charge in [-0.15, -0.1) is 0 Å². The highest BCUT2D eigenvalue weighted by Crippen LogP contribution is 2.23. The van der Waals surface area contributed by atoms with Gasteiger partial charge in [-0.2, -0.15) is 0 Å². The summed E-state index contributed by atoms with van der Waals surface area (Å²) in [5.74, 6) is 0. The van der Waals surface area contributed by atoms with Gasteiger partial charge in [0.1, 0.15) is 0 Å². The first-order valence-electron chi connectivity index (χ1n) is 6.36. The molecule has 1 N–H and O–H groups in total. The summed E-state index contributed by atoms with van der Waals surface area (Å²) < 4.78 is 5.09. The van der Waals surface area contributed by atoms with Crippen LogP contribution in [0, 0.1) is 0 Å². The van der Waals surface area contributed by atoms with Crippen LogP contribution in [-0.4, -0.2) is 49.3 Å². The van der Waals surface area contributed by atoms with Crippen molar-refractivity contribution in [2.75, 3.05) is 33.4 Å². The first-order chi connectivity index (χ1) is 7.37. The summed E-state index contributed by atoms with van der Waals surface area (Å²) in [5.41, 5.74) is 0.527. The molecule has 0 aromatic carbocycles. The minimum atomic E-state index is 0.247. The SMILES string of the molecule is COCCCCN1CC(C)(C)NCC1(C)C. The first kappa shape index (κ1) is 13.9. The quantitative estimate of drug-likeness (QED) is 0.727. The first-order valence-corrected chi connectivity index (χ1v) is 6.36. The number of hydrogen-bond acceptors (Lipinski definition) is 3. The molecule has 0 aliphatic carbocycles. The average molecular weight is 228 g/mol. The van der Waals surface area contributed by atoms with Gasteiger partial charge in [-0.3, -0.25) is 4.90 Å². The maximum absolute atomic E-state index is 5.09. The summed E-state index contributed by atoms with van der Waals surface area (Å²) in [6.07, 6.45) is 2.39. The maximum atomic E-state index is 5.09. The summed E-state index contributed by atoms with van der Waals surface area (Å²) in [6, 6.07) is 0. The third kappa shape index (κ3) is 4.04. The van der Waals surface area contributed by atoms with Crippen LogP contribution in [0.15, 0.2) is 0 Å². The van der Waals surface area contributed by atoms with E-state index in [1.165, 1.54) is 13.0 Å². The zero-order chi connectivity index (χ0) is 12.2. The monoisotopic (exact) mass is 228 g/mol. The van der Waals surface area contributed by atoms with Gasteiger partial charge < -0.3 is 10.1 Å². The van der Waals surface area contributed by atoms with Crippen LogP contribution in [0.5, 0.6) is 0 Å². The van der Waals surface area contributed by atoms with Gasteiger partial charge in [0.15, 0.2) is 0 Å². The second kappa shape index (κ2) is 5.48. The van der Waals surface area contributed by atoms with Crippen LogP contribution >= 0.6 is 0 Å². The molecule has 16 heavy (non-hydrogen) atoms. The molecule has 0 atom stereocenters. The number of piperazine rings is 1. The molecule has 1 aliphatic rings. The number of nitrogens with zero attached hydrogens (tertiary/aromatic N) is 1. The second-order valence-corrected chi connectivity index (χ2v) is 6.17.